The molecule has 0 saturated carbocycles. The molecule has 0 fully saturated rings. The van der Waals surface area contributed by atoms with E-state index in [0.29, 0.717) is 11.3 Å². The smallest absolute Gasteiger partial charge is 0.180 e. The summed E-state index contributed by atoms with van der Waals surface area (Å²) in [6.07, 6.45) is 3.31. The molecule has 1 N–H and O–H groups in total. The van der Waals surface area contributed by atoms with Crippen molar-refractivity contribution in [3.8, 4) is 0 Å². The van der Waals surface area contributed by atoms with Crippen LogP contribution < -0.4 is 5.32 Å². The first-order chi connectivity index (χ1) is 18.9. The average Bonchev–Trinajstić information content (AvgIpc) is 3.35. The number of rotatable bonds is 2. The first-order valence-corrected chi connectivity index (χ1v) is 14.4. The van der Waals surface area contributed by atoms with E-state index < -0.39 is 41.0 Å². The number of benzene rings is 3. The number of hydrogen-bond donors (Lipinski definition) is 1. The zero-order valence-corrected chi connectivity index (χ0v) is 25.3. The van der Waals surface area contributed by atoms with Crippen molar-refractivity contribution in [2.45, 2.75) is 12.0 Å². The predicted molar refractivity (Wildman–Crippen MR) is 159 cm³/mol. The van der Waals surface area contributed by atoms with Gasteiger partial charge in [0.1, 0.15) is 11.8 Å². The summed E-state index contributed by atoms with van der Waals surface area (Å²) in [6.45, 7) is 0. The first kappa shape index (κ1) is 28.3. The lowest BCUT2D eigenvalue weighted by Gasteiger charge is -2.28. The minimum atomic E-state index is -1.33. The molecule has 6 rings (SSSR count). The minimum Gasteiger partial charge on any atom is -0.377 e. The third-order valence-electron chi connectivity index (χ3n) is 7.20. The van der Waals surface area contributed by atoms with Gasteiger partial charge in [0.25, 0.3) is 0 Å². The van der Waals surface area contributed by atoms with Crippen molar-refractivity contribution in [2.75, 3.05) is 5.32 Å². The van der Waals surface area contributed by atoms with Gasteiger partial charge in [0.05, 0.1) is 68.5 Å². The Labute approximate surface area is 266 Å². The Morgan fingerprint density at radius 2 is 0.975 bits per heavy atom. The second-order valence-electron chi connectivity index (χ2n) is 9.22. The lowest BCUT2D eigenvalue weighted by atomic mass is 9.86. The summed E-state index contributed by atoms with van der Waals surface area (Å²) < 4.78 is 0. The number of ketones is 4. The van der Waals surface area contributed by atoms with Crippen LogP contribution in [0.25, 0.3) is 6.08 Å². The molecule has 0 amide bonds. The van der Waals surface area contributed by atoms with Crippen LogP contribution in [0, 0.1) is 5.92 Å². The standard InChI is InChI=1S/C27H9Cl8NO4/c28-15-11-12(16(29)20(33)19(15)32)25(38)9(24(11)37)7-3-1-2-6-4-5-8(36-23(6)7)10-26(39)13-14(27(10)40)18(31)22(35)21(34)17(13)30/h1-5,8-10,36H. The van der Waals surface area contributed by atoms with Gasteiger partial charge in [0, 0.05) is 5.69 Å². The van der Waals surface area contributed by atoms with Crippen molar-refractivity contribution in [3.63, 3.8) is 0 Å². The molecular weight excluding hydrogens is 686 g/mol. The van der Waals surface area contributed by atoms with Gasteiger partial charge in [-0.25, -0.2) is 0 Å². The van der Waals surface area contributed by atoms with Gasteiger partial charge in [-0.2, -0.15) is 0 Å². The summed E-state index contributed by atoms with van der Waals surface area (Å²) in [5.41, 5.74) is 0.798. The maximum atomic E-state index is 13.6. The molecule has 3 aromatic carbocycles. The third-order valence-corrected chi connectivity index (χ3v) is 10.8. The number of anilines is 1. The topological polar surface area (TPSA) is 80.3 Å². The zero-order chi connectivity index (χ0) is 28.9. The van der Waals surface area contributed by atoms with Crippen LogP contribution in [0.5, 0.6) is 0 Å². The molecule has 3 aliphatic rings. The number of carbonyl (C=O) groups is 4. The molecule has 1 heterocycles. The summed E-state index contributed by atoms with van der Waals surface area (Å²) >= 11 is 49.8. The van der Waals surface area contributed by atoms with Crippen LogP contribution in [-0.2, 0) is 0 Å². The maximum Gasteiger partial charge on any atom is 0.180 e. The summed E-state index contributed by atoms with van der Waals surface area (Å²) in [4.78, 5) is 54.1. The summed E-state index contributed by atoms with van der Waals surface area (Å²) in [5, 5.41) is 1.94. The van der Waals surface area contributed by atoms with E-state index in [9.17, 15) is 19.2 Å². The van der Waals surface area contributed by atoms with E-state index in [2.05, 4.69) is 5.32 Å². The number of carbonyl (C=O) groups excluding carboxylic acids is 4. The van der Waals surface area contributed by atoms with Crippen molar-refractivity contribution in [1.29, 1.82) is 0 Å². The van der Waals surface area contributed by atoms with Crippen molar-refractivity contribution in [3.05, 3.63) is 97.8 Å². The van der Waals surface area contributed by atoms with Crippen LogP contribution >= 0.6 is 92.8 Å². The Morgan fingerprint density at radius 3 is 1.43 bits per heavy atom. The Hall–Kier alpha value is -1.80. The second kappa shape index (κ2) is 9.89. The van der Waals surface area contributed by atoms with Crippen LogP contribution in [0.1, 0.15) is 58.5 Å². The van der Waals surface area contributed by atoms with Crippen molar-refractivity contribution >= 4 is 128 Å². The lowest BCUT2D eigenvalue weighted by Crippen LogP contribution is -2.36. The Balaban J connectivity index is 1.42. The highest BCUT2D eigenvalue weighted by Gasteiger charge is 2.49. The molecule has 0 spiro atoms. The fourth-order valence-electron chi connectivity index (χ4n) is 5.39. The first-order valence-electron chi connectivity index (χ1n) is 11.3. The number of hydrogen-bond acceptors (Lipinski definition) is 5. The van der Waals surface area contributed by atoms with Crippen LogP contribution in [0.2, 0.25) is 40.2 Å². The molecule has 5 nitrogen and oxygen atoms in total. The van der Waals surface area contributed by atoms with E-state index in [1.807, 2.05) is 0 Å². The normalized spacial score (nSPS) is 18.4. The molecule has 1 aliphatic heterocycles. The van der Waals surface area contributed by atoms with Gasteiger partial charge in [0.15, 0.2) is 23.1 Å². The van der Waals surface area contributed by atoms with E-state index >= 15 is 0 Å². The van der Waals surface area contributed by atoms with Crippen molar-refractivity contribution < 1.29 is 19.2 Å². The SMILES string of the molecule is O=C1c2c(Cl)c(Cl)c(Cl)c(Cl)c2C(=O)C1c1cccc2c1NC(C1C(=O)c3c(Cl)c(Cl)c(Cl)c(Cl)c3C1=O)C=C2. The summed E-state index contributed by atoms with van der Waals surface area (Å²) in [5.74, 6) is -5.03. The van der Waals surface area contributed by atoms with E-state index in [0.717, 1.165) is 0 Å². The minimum absolute atomic E-state index is 0.111. The molecular formula is C27H9Cl8NO4. The van der Waals surface area contributed by atoms with E-state index in [1.165, 1.54) is 0 Å². The molecule has 0 radical (unpaired) electrons. The van der Waals surface area contributed by atoms with Gasteiger partial charge in [0.2, 0.25) is 0 Å². The van der Waals surface area contributed by atoms with Gasteiger partial charge in [-0.15, -0.1) is 0 Å². The predicted octanol–water partition coefficient (Wildman–Crippen LogP) is 9.58. The number of fused-ring (bicyclic) bond motifs is 3. The molecule has 13 heteroatoms. The fourth-order valence-corrected chi connectivity index (χ4v) is 7.46. The van der Waals surface area contributed by atoms with Crippen LogP contribution in [0.4, 0.5) is 5.69 Å². The Bertz CT molecular complexity index is 1720. The molecule has 0 bridgehead atoms. The average molecular weight is 695 g/mol. The van der Waals surface area contributed by atoms with E-state index in [1.54, 1.807) is 30.4 Å². The molecule has 2 aliphatic carbocycles. The number of para-hydroxylation sites is 1. The van der Waals surface area contributed by atoms with Crippen molar-refractivity contribution in [2.24, 2.45) is 5.92 Å². The zero-order valence-electron chi connectivity index (χ0n) is 19.3. The van der Waals surface area contributed by atoms with Gasteiger partial charge < -0.3 is 5.32 Å². The molecule has 3 aromatic rings. The number of nitrogens with one attached hydrogen (secondary N) is 1. The molecule has 0 saturated heterocycles. The van der Waals surface area contributed by atoms with Crippen LogP contribution in [0.3, 0.4) is 0 Å². The fraction of sp³-hybridized carbons (Fsp3) is 0.111. The van der Waals surface area contributed by atoms with E-state index in [4.69, 9.17) is 92.8 Å². The number of Topliss-reactive ketones (excluding diaryl/α,β-unsaturated/α-hetero) is 4. The van der Waals surface area contributed by atoms with Gasteiger partial charge in [-0.05, 0) is 11.1 Å². The quantitative estimate of drug-likeness (QED) is 0.164. The van der Waals surface area contributed by atoms with Crippen LogP contribution in [0.15, 0.2) is 24.3 Å². The number of halogens is 8. The van der Waals surface area contributed by atoms with Crippen molar-refractivity contribution in [1.82, 2.24) is 0 Å². The largest absolute Gasteiger partial charge is 0.377 e. The lowest BCUT2D eigenvalue weighted by molar-refractivity contribution is 0.0828. The van der Waals surface area contributed by atoms with E-state index in [-0.39, 0.29) is 68.0 Å². The highest BCUT2D eigenvalue weighted by Crippen LogP contribution is 2.51. The Morgan fingerprint density at radius 1 is 0.550 bits per heavy atom. The molecule has 0 aromatic heterocycles. The third kappa shape index (κ3) is 3.76. The van der Waals surface area contributed by atoms with Crippen LogP contribution in [-0.4, -0.2) is 29.2 Å². The highest BCUT2D eigenvalue weighted by molar-refractivity contribution is 6.57. The molecule has 40 heavy (non-hydrogen) atoms. The summed E-state index contributed by atoms with van der Waals surface area (Å²) in [7, 11) is 0. The molecule has 202 valence electrons. The van der Waals surface area contributed by atoms with Gasteiger partial charge in [-0.3, -0.25) is 19.2 Å². The second-order valence-corrected chi connectivity index (χ2v) is 12.2. The Kier molecular flexibility index (Phi) is 7.00. The molecule has 1 unspecified atom stereocenters. The molecule has 1 atom stereocenters. The maximum absolute atomic E-state index is 13.6. The highest BCUT2D eigenvalue weighted by atomic mass is 35.5. The van der Waals surface area contributed by atoms with Gasteiger partial charge >= 0.3 is 0 Å². The monoisotopic (exact) mass is 691 g/mol. The van der Waals surface area contributed by atoms with Gasteiger partial charge in [-0.1, -0.05) is 123 Å². The summed E-state index contributed by atoms with van der Waals surface area (Å²) in [6, 6.07) is 4.10.